The Hall–Kier alpha value is -1.67. The van der Waals surface area contributed by atoms with E-state index in [4.69, 9.17) is 4.52 Å². The molecule has 8 heteroatoms. The van der Waals surface area contributed by atoms with Crippen LogP contribution in [0.1, 0.15) is 36.9 Å². The van der Waals surface area contributed by atoms with Gasteiger partial charge in [-0.3, -0.25) is 5.10 Å². The van der Waals surface area contributed by atoms with Gasteiger partial charge in [0, 0.05) is 30.4 Å². The van der Waals surface area contributed by atoms with Gasteiger partial charge in [-0.2, -0.15) is 9.40 Å². The third-order valence-corrected chi connectivity index (χ3v) is 6.47. The highest BCUT2D eigenvalue weighted by molar-refractivity contribution is 7.89. The molecule has 22 heavy (non-hydrogen) atoms. The number of nitrogens with one attached hydrogen (secondary N) is 1. The lowest BCUT2D eigenvalue weighted by atomic mass is 9.80. The molecule has 0 bridgehead atoms. The average molecular weight is 324 g/mol. The van der Waals surface area contributed by atoms with Crippen molar-refractivity contribution in [2.45, 2.75) is 43.9 Å². The van der Waals surface area contributed by atoms with Crippen LogP contribution in [0.3, 0.4) is 0 Å². The van der Waals surface area contributed by atoms with Gasteiger partial charge in [0.1, 0.15) is 10.6 Å². The van der Waals surface area contributed by atoms with Crippen LogP contribution in [-0.4, -0.2) is 41.2 Å². The molecule has 1 fully saturated rings. The lowest BCUT2D eigenvalue weighted by Gasteiger charge is -2.38. The molecule has 120 valence electrons. The van der Waals surface area contributed by atoms with E-state index in [2.05, 4.69) is 22.3 Å². The van der Waals surface area contributed by atoms with Crippen molar-refractivity contribution in [1.82, 2.24) is 19.7 Å². The first-order valence-corrected chi connectivity index (χ1v) is 8.71. The van der Waals surface area contributed by atoms with E-state index in [1.807, 2.05) is 6.07 Å². The van der Waals surface area contributed by atoms with Gasteiger partial charge in [0.2, 0.25) is 10.0 Å². The molecule has 0 spiro atoms. The Morgan fingerprint density at radius 1 is 1.41 bits per heavy atom. The van der Waals surface area contributed by atoms with Crippen LogP contribution in [-0.2, 0) is 15.4 Å². The first-order valence-electron chi connectivity index (χ1n) is 7.27. The molecule has 3 heterocycles. The zero-order chi connectivity index (χ0) is 16.0. The monoisotopic (exact) mass is 324 g/mol. The Kier molecular flexibility index (Phi) is 3.60. The molecule has 1 aliphatic rings. The topological polar surface area (TPSA) is 92.1 Å². The molecule has 1 aliphatic heterocycles. The maximum absolute atomic E-state index is 12.9. The summed E-state index contributed by atoms with van der Waals surface area (Å²) in [7, 11) is -3.60. The summed E-state index contributed by atoms with van der Waals surface area (Å²) in [5.74, 6) is 0.339. The lowest BCUT2D eigenvalue weighted by Crippen LogP contribution is -2.47. The molecule has 2 aromatic heterocycles. The van der Waals surface area contributed by atoms with E-state index >= 15 is 0 Å². The molecule has 0 aliphatic carbocycles. The Morgan fingerprint density at radius 3 is 2.77 bits per heavy atom. The fraction of sp³-hybridized carbons (Fsp3) is 0.571. The van der Waals surface area contributed by atoms with E-state index in [0.717, 1.165) is 18.5 Å². The Bertz CT molecular complexity index is 747. The molecule has 1 atom stereocenters. The van der Waals surface area contributed by atoms with Crippen LogP contribution < -0.4 is 0 Å². The lowest BCUT2D eigenvalue weighted by molar-refractivity contribution is 0.236. The highest BCUT2D eigenvalue weighted by Gasteiger charge is 2.40. The van der Waals surface area contributed by atoms with Gasteiger partial charge in [0.25, 0.3) is 0 Å². The third-order valence-electron chi connectivity index (χ3n) is 4.38. The molecule has 2 aromatic rings. The summed E-state index contributed by atoms with van der Waals surface area (Å²) in [4.78, 5) is 0.196. The van der Waals surface area contributed by atoms with Crippen molar-refractivity contribution in [2.75, 3.05) is 13.1 Å². The Balaban J connectivity index is 1.95. The molecular formula is C14H20N4O3S. The number of sulfonamides is 1. The zero-order valence-corrected chi connectivity index (χ0v) is 13.8. The normalized spacial score (nSPS) is 23.8. The minimum atomic E-state index is -3.60. The minimum Gasteiger partial charge on any atom is -0.360 e. The maximum atomic E-state index is 12.9. The van der Waals surface area contributed by atoms with Gasteiger partial charge in [0.05, 0.1) is 0 Å². The van der Waals surface area contributed by atoms with Crippen LogP contribution in [0.25, 0.3) is 0 Å². The number of rotatable bonds is 3. The van der Waals surface area contributed by atoms with Gasteiger partial charge in [-0.15, -0.1) is 0 Å². The molecule has 1 saturated heterocycles. The van der Waals surface area contributed by atoms with E-state index < -0.39 is 10.0 Å². The SMILES string of the molecule is Cc1noc(C)c1S(=O)(=O)N1CCC[C@](C)(c2ccn[nH]2)C1. The quantitative estimate of drug-likeness (QED) is 0.928. The van der Waals surface area contributed by atoms with Gasteiger partial charge in [-0.25, -0.2) is 8.42 Å². The van der Waals surface area contributed by atoms with Crippen molar-refractivity contribution < 1.29 is 12.9 Å². The summed E-state index contributed by atoms with van der Waals surface area (Å²) in [5, 5.41) is 10.7. The van der Waals surface area contributed by atoms with Crippen LogP contribution in [0.2, 0.25) is 0 Å². The van der Waals surface area contributed by atoms with Crippen LogP contribution in [0.15, 0.2) is 21.7 Å². The molecule has 0 aromatic carbocycles. The molecule has 0 saturated carbocycles. The van der Waals surface area contributed by atoms with Crippen LogP contribution in [0, 0.1) is 13.8 Å². The van der Waals surface area contributed by atoms with E-state index in [0.29, 0.717) is 24.5 Å². The predicted octanol–water partition coefficient (Wildman–Crippen LogP) is 1.76. The Morgan fingerprint density at radius 2 is 2.18 bits per heavy atom. The predicted molar refractivity (Wildman–Crippen MR) is 79.9 cm³/mol. The van der Waals surface area contributed by atoms with Crippen molar-refractivity contribution in [1.29, 1.82) is 0 Å². The van der Waals surface area contributed by atoms with Gasteiger partial charge in [0.15, 0.2) is 5.76 Å². The van der Waals surface area contributed by atoms with Gasteiger partial charge in [-0.1, -0.05) is 12.1 Å². The standard InChI is InChI=1S/C14H20N4O3S/c1-10-13(11(2)21-17-10)22(19,20)18-8-4-6-14(3,9-18)12-5-7-15-16-12/h5,7H,4,6,8-9H2,1-3H3,(H,15,16)/t14-/m0/s1. The summed E-state index contributed by atoms with van der Waals surface area (Å²) < 4.78 is 32.5. The molecular weight excluding hydrogens is 304 g/mol. The molecule has 1 N–H and O–H groups in total. The largest absolute Gasteiger partial charge is 0.360 e. The van der Waals surface area contributed by atoms with E-state index in [1.165, 1.54) is 4.31 Å². The number of hydrogen-bond acceptors (Lipinski definition) is 5. The number of H-pyrrole nitrogens is 1. The summed E-state index contributed by atoms with van der Waals surface area (Å²) >= 11 is 0. The van der Waals surface area contributed by atoms with E-state index in [9.17, 15) is 8.42 Å². The number of piperidine rings is 1. The fourth-order valence-corrected chi connectivity index (χ4v) is 5.08. The van der Waals surface area contributed by atoms with Crippen molar-refractivity contribution >= 4 is 10.0 Å². The van der Waals surface area contributed by atoms with Crippen LogP contribution >= 0.6 is 0 Å². The first kappa shape index (κ1) is 15.2. The van der Waals surface area contributed by atoms with Crippen molar-refractivity contribution in [2.24, 2.45) is 0 Å². The van der Waals surface area contributed by atoms with Gasteiger partial charge >= 0.3 is 0 Å². The van der Waals surface area contributed by atoms with Gasteiger partial charge < -0.3 is 4.52 Å². The summed E-state index contributed by atoms with van der Waals surface area (Å²) in [6, 6.07) is 1.91. The fourth-order valence-electron chi connectivity index (χ4n) is 3.18. The van der Waals surface area contributed by atoms with Crippen molar-refractivity contribution in [3.8, 4) is 0 Å². The zero-order valence-electron chi connectivity index (χ0n) is 13.0. The highest BCUT2D eigenvalue weighted by Crippen LogP contribution is 2.35. The van der Waals surface area contributed by atoms with E-state index in [-0.39, 0.29) is 10.3 Å². The smallest absolute Gasteiger partial charge is 0.248 e. The molecule has 0 unspecified atom stereocenters. The highest BCUT2D eigenvalue weighted by atomic mass is 32.2. The first-order chi connectivity index (χ1) is 10.3. The third kappa shape index (κ3) is 2.36. The molecule has 0 amide bonds. The number of aromatic amines is 1. The van der Waals surface area contributed by atoms with Crippen molar-refractivity contribution in [3.05, 3.63) is 29.4 Å². The summed E-state index contributed by atoms with van der Waals surface area (Å²) in [6.07, 6.45) is 3.42. The number of aryl methyl sites for hydroxylation is 2. The summed E-state index contributed by atoms with van der Waals surface area (Å²) in [5.41, 5.74) is 1.11. The molecule has 3 rings (SSSR count). The average Bonchev–Trinajstić information content (AvgIpc) is 3.09. The van der Waals surface area contributed by atoms with E-state index in [1.54, 1.807) is 20.0 Å². The molecule has 7 nitrogen and oxygen atoms in total. The summed E-state index contributed by atoms with van der Waals surface area (Å²) in [6.45, 7) is 6.28. The van der Waals surface area contributed by atoms with Crippen LogP contribution in [0.5, 0.6) is 0 Å². The second kappa shape index (κ2) is 5.20. The molecule has 0 radical (unpaired) electrons. The van der Waals surface area contributed by atoms with Gasteiger partial charge in [-0.05, 0) is 32.8 Å². The maximum Gasteiger partial charge on any atom is 0.248 e. The van der Waals surface area contributed by atoms with Crippen LogP contribution in [0.4, 0.5) is 0 Å². The number of nitrogens with zero attached hydrogens (tertiary/aromatic N) is 3. The number of aromatic nitrogens is 3. The second-order valence-electron chi connectivity index (χ2n) is 6.13. The number of hydrogen-bond donors (Lipinski definition) is 1. The Labute approximate surface area is 129 Å². The van der Waals surface area contributed by atoms with Crippen molar-refractivity contribution in [3.63, 3.8) is 0 Å². The second-order valence-corrected chi connectivity index (χ2v) is 8.00. The minimum absolute atomic E-state index is 0.196.